The lowest BCUT2D eigenvalue weighted by Gasteiger charge is -2.23. The Kier molecular flexibility index (Phi) is 5.17. The van der Waals surface area contributed by atoms with Crippen LogP contribution in [0.3, 0.4) is 0 Å². The molecule has 3 heteroatoms. The number of benzene rings is 1. The van der Waals surface area contributed by atoms with Gasteiger partial charge in [0, 0.05) is 12.1 Å². The standard InChI is InChI=1S/C15H26N2O/c1-12-10-13(6-7-14(12)18-5)11-17(4)9-8-15(2,3)16/h6-7,10H,8-9,11,16H2,1-5H3. The molecule has 0 saturated heterocycles. The van der Waals surface area contributed by atoms with Crippen molar-refractivity contribution in [2.24, 2.45) is 5.73 Å². The van der Waals surface area contributed by atoms with Gasteiger partial charge in [-0.25, -0.2) is 0 Å². The SMILES string of the molecule is COc1ccc(CN(C)CCC(C)(C)N)cc1C. The van der Waals surface area contributed by atoms with E-state index in [4.69, 9.17) is 10.5 Å². The van der Waals surface area contributed by atoms with Crippen molar-refractivity contribution in [3.05, 3.63) is 29.3 Å². The third kappa shape index (κ3) is 5.07. The quantitative estimate of drug-likeness (QED) is 0.843. The Bertz CT molecular complexity index is 383. The van der Waals surface area contributed by atoms with E-state index in [1.807, 2.05) is 6.07 Å². The highest BCUT2D eigenvalue weighted by Crippen LogP contribution is 2.19. The highest BCUT2D eigenvalue weighted by molar-refractivity contribution is 5.36. The molecule has 0 bridgehead atoms. The monoisotopic (exact) mass is 250 g/mol. The van der Waals surface area contributed by atoms with E-state index in [1.54, 1.807) is 7.11 Å². The van der Waals surface area contributed by atoms with Gasteiger partial charge in [-0.1, -0.05) is 12.1 Å². The number of ether oxygens (including phenoxy) is 1. The van der Waals surface area contributed by atoms with E-state index in [2.05, 4.69) is 44.9 Å². The molecule has 0 heterocycles. The predicted octanol–water partition coefficient (Wildman–Crippen LogP) is 2.56. The maximum atomic E-state index is 6.00. The van der Waals surface area contributed by atoms with Gasteiger partial charge in [-0.2, -0.15) is 0 Å². The van der Waals surface area contributed by atoms with Crippen molar-refractivity contribution in [2.45, 2.75) is 39.3 Å². The molecular formula is C15H26N2O. The van der Waals surface area contributed by atoms with Gasteiger partial charge in [0.25, 0.3) is 0 Å². The normalized spacial score (nSPS) is 11.9. The molecule has 0 saturated carbocycles. The topological polar surface area (TPSA) is 38.5 Å². The van der Waals surface area contributed by atoms with E-state index >= 15 is 0 Å². The molecular weight excluding hydrogens is 224 g/mol. The molecule has 0 atom stereocenters. The van der Waals surface area contributed by atoms with E-state index in [-0.39, 0.29) is 5.54 Å². The van der Waals surface area contributed by atoms with Crippen molar-refractivity contribution >= 4 is 0 Å². The van der Waals surface area contributed by atoms with Crippen LogP contribution in [-0.4, -0.2) is 31.1 Å². The maximum Gasteiger partial charge on any atom is 0.121 e. The van der Waals surface area contributed by atoms with Crippen LogP contribution in [0.2, 0.25) is 0 Å². The number of hydrogen-bond donors (Lipinski definition) is 1. The van der Waals surface area contributed by atoms with Gasteiger partial charge in [0.1, 0.15) is 5.75 Å². The fourth-order valence-electron chi connectivity index (χ4n) is 1.91. The van der Waals surface area contributed by atoms with E-state index in [0.29, 0.717) is 0 Å². The summed E-state index contributed by atoms with van der Waals surface area (Å²) in [6.07, 6.45) is 0.999. The first-order valence-electron chi connectivity index (χ1n) is 6.43. The van der Waals surface area contributed by atoms with Crippen molar-refractivity contribution in [1.82, 2.24) is 4.90 Å². The van der Waals surface area contributed by atoms with E-state index in [1.165, 1.54) is 11.1 Å². The Hall–Kier alpha value is -1.06. The number of rotatable bonds is 6. The van der Waals surface area contributed by atoms with Crippen LogP contribution in [0.1, 0.15) is 31.4 Å². The van der Waals surface area contributed by atoms with Crippen LogP contribution in [-0.2, 0) is 6.54 Å². The average molecular weight is 250 g/mol. The van der Waals surface area contributed by atoms with Gasteiger partial charge in [-0.15, -0.1) is 0 Å². The van der Waals surface area contributed by atoms with Gasteiger partial charge < -0.3 is 15.4 Å². The van der Waals surface area contributed by atoms with Crippen molar-refractivity contribution < 1.29 is 4.74 Å². The summed E-state index contributed by atoms with van der Waals surface area (Å²) in [5.74, 6) is 0.949. The molecule has 0 fully saturated rings. The molecule has 0 radical (unpaired) electrons. The average Bonchev–Trinajstić information content (AvgIpc) is 2.26. The molecule has 102 valence electrons. The van der Waals surface area contributed by atoms with Gasteiger partial charge >= 0.3 is 0 Å². The lowest BCUT2D eigenvalue weighted by atomic mass is 10.0. The Balaban J connectivity index is 2.54. The summed E-state index contributed by atoms with van der Waals surface area (Å²) in [4.78, 5) is 2.30. The number of nitrogens with two attached hydrogens (primary N) is 1. The summed E-state index contributed by atoms with van der Waals surface area (Å²) in [5, 5.41) is 0. The summed E-state index contributed by atoms with van der Waals surface area (Å²) >= 11 is 0. The van der Waals surface area contributed by atoms with Crippen molar-refractivity contribution in [3.63, 3.8) is 0 Å². The molecule has 18 heavy (non-hydrogen) atoms. The third-order valence-electron chi connectivity index (χ3n) is 3.05. The van der Waals surface area contributed by atoms with E-state index < -0.39 is 0 Å². The van der Waals surface area contributed by atoms with Crippen molar-refractivity contribution in [3.8, 4) is 5.75 Å². The zero-order valence-corrected chi connectivity index (χ0v) is 12.3. The molecule has 0 aliphatic rings. The van der Waals surface area contributed by atoms with Crippen LogP contribution < -0.4 is 10.5 Å². The Labute approximate surface area is 111 Å². The summed E-state index contributed by atoms with van der Waals surface area (Å²) < 4.78 is 5.27. The van der Waals surface area contributed by atoms with Gasteiger partial charge in [-0.05, 0) is 58.0 Å². The van der Waals surface area contributed by atoms with Crippen molar-refractivity contribution in [1.29, 1.82) is 0 Å². The largest absolute Gasteiger partial charge is 0.496 e. The molecule has 1 aromatic rings. The second-order valence-corrected chi connectivity index (χ2v) is 5.78. The van der Waals surface area contributed by atoms with Crippen LogP contribution >= 0.6 is 0 Å². The number of methoxy groups -OCH3 is 1. The zero-order chi connectivity index (χ0) is 13.8. The van der Waals surface area contributed by atoms with Gasteiger partial charge in [-0.3, -0.25) is 0 Å². The molecule has 0 aliphatic heterocycles. The molecule has 1 aromatic carbocycles. The van der Waals surface area contributed by atoms with Crippen LogP contribution in [0.15, 0.2) is 18.2 Å². The first-order chi connectivity index (χ1) is 8.31. The summed E-state index contributed by atoms with van der Waals surface area (Å²) in [6.45, 7) is 8.16. The summed E-state index contributed by atoms with van der Waals surface area (Å²) in [6, 6.07) is 6.34. The highest BCUT2D eigenvalue weighted by Gasteiger charge is 2.12. The molecule has 0 aliphatic carbocycles. The molecule has 0 spiro atoms. The Morgan fingerprint density at radius 1 is 1.33 bits per heavy atom. The van der Waals surface area contributed by atoms with Crippen LogP contribution in [0.4, 0.5) is 0 Å². The molecule has 2 N–H and O–H groups in total. The molecule has 3 nitrogen and oxygen atoms in total. The Morgan fingerprint density at radius 2 is 2.00 bits per heavy atom. The number of aryl methyl sites for hydroxylation is 1. The van der Waals surface area contributed by atoms with Gasteiger partial charge in [0.15, 0.2) is 0 Å². The smallest absolute Gasteiger partial charge is 0.121 e. The first-order valence-corrected chi connectivity index (χ1v) is 6.43. The highest BCUT2D eigenvalue weighted by atomic mass is 16.5. The first kappa shape index (κ1) is 15.0. The lowest BCUT2D eigenvalue weighted by molar-refractivity contribution is 0.289. The summed E-state index contributed by atoms with van der Waals surface area (Å²) in [5.41, 5.74) is 8.40. The minimum atomic E-state index is -0.0932. The molecule has 1 rings (SSSR count). The lowest BCUT2D eigenvalue weighted by Crippen LogP contribution is -2.36. The van der Waals surface area contributed by atoms with Crippen LogP contribution in [0.5, 0.6) is 5.75 Å². The van der Waals surface area contributed by atoms with E-state index in [9.17, 15) is 0 Å². The minimum Gasteiger partial charge on any atom is -0.496 e. The Morgan fingerprint density at radius 3 is 2.50 bits per heavy atom. The van der Waals surface area contributed by atoms with Gasteiger partial charge in [0.05, 0.1) is 7.11 Å². The van der Waals surface area contributed by atoms with Crippen LogP contribution in [0.25, 0.3) is 0 Å². The predicted molar refractivity (Wildman–Crippen MR) is 76.9 cm³/mol. The zero-order valence-electron chi connectivity index (χ0n) is 12.3. The minimum absolute atomic E-state index is 0.0932. The third-order valence-corrected chi connectivity index (χ3v) is 3.05. The molecule has 0 amide bonds. The fourth-order valence-corrected chi connectivity index (χ4v) is 1.91. The second kappa shape index (κ2) is 6.21. The van der Waals surface area contributed by atoms with Crippen molar-refractivity contribution in [2.75, 3.05) is 20.7 Å². The van der Waals surface area contributed by atoms with Crippen LogP contribution in [0, 0.1) is 6.92 Å². The van der Waals surface area contributed by atoms with E-state index in [0.717, 1.165) is 25.3 Å². The molecule has 0 aromatic heterocycles. The number of hydrogen-bond acceptors (Lipinski definition) is 3. The summed E-state index contributed by atoms with van der Waals surface area (Å²) in [7, 11) is 3.84. The maximum absolute atomic E-state index is 6.00. The number of nitrogens with zero attached hydrogens (tertiary/aromatic N) is 1. The fraction of sp³-hybridized carbons (Fsp3) is 0.600. The second-order valence-electron chi connectivity index (χ2n) is 5.78. The molecule has 0 unspecified atom stereocenters. The van der Waals surface area contributed by atoms with Gasteiger partial charge in [0.2, 0.25) is 0 Å².